The first-order valence-electron chi connectivity index (χ1n) is 7.55. The van der Waals surface area contributed by atoms with Crippen LogP contribution < -0.4 is 10.9 Å². The topological polar surface area (TPSA) is 44.9 Å². The zero-order valence-corrected chi connectivity index (χ0v) is 12.0. The molecule has 1 fully saturated rings. The van der Waals surface area contributed by atoms with Crippen LogP contribution in [0, 0.1) is 11.8 Å². The van der Waals surface area contributed by atoms with Gasteiger partial charge in [0.05, 0.1) is 0 Å². The van der Waals surface area contributed by atoms with E-state index in [4.69, 9.17) is 0 Å². The van der Waals surface area contributed by atoms with Crippen molar-refractivity contribution in [1.82, 2.24) is 10.3 Å². The molecular formula is C17H22N2O. The molecule has 0 saturated heterocycles. The van der Waals surface area contributed by atoms with Crippen molar-refractivity contribution >= 4 is 10.9 Å². The van der Waals surface area contributed by atoms with Crippen LogP contribution in [0.1, 0.15) is 31.7 Å². The molecule has 0 aliphatic heterocycles. The summed E-state index contributed by atoms with van der Waals surface area (Å²) in [5.41, 5.74) is 1.76. The van der Waals surface area contributed by atoms with Gasteiger partial charge in [0.15, 0.2) is 0 Å². The van der Waals surface area contributed by atoms with Gasteiger partial charge >= 0.3 is 0 Å². The first kappa shape index (κ1) is 13.4. The zero-order valence-electron chi connectivity index (χ0n) is 12.0. The highest BCUT2D eigenvalue weighted by atomic mass is 16.1. The molecule has 1 aliphatic rings. The lowest BCUT2D eigenvalue weighted by Gasteiger charge is -2.15. The minimum absolute atomic E-state index is 0.0238. The summed E-state index contributed by atoms with van der Waals surface area (Å²) < 4.78 is 0. The molecule has 1 heterocycles. The van der Waals surface area contributed by atoms with Crippen LogP contribution in [-0.2, 0) is 6.54 Å². The molecule has 2 atom stereocenters. The third-order valence-electron chi connectivity index (χ3n) is 4.59. The molecule has 1 saturated carbocycles. The highest BCUT2D eigenvalue weighted by Crippen LogP contribution is 2.30. The summed E-state index contributed by atoms with van der Waals surface area (Å²) >= 11 is 0. The second kappa shape index (κ2) is 5.80. The van der Waals surface area contributed by atoms with Crippen LogP contribution in [0.25, 0.3) is 10.9 Å². The van der Waals surface area contributed by atoms with E-state index in [1.807, 2.05) is 30.3 Å². The van der Waals surface area contributed by atoms with Gasteiger partial charge in [0.2, 0.25) is 0 Å². The second-order valence-corrected chi connectivity index (χ2v) is 6.01. The van der Waals surface area contributed by atoms with E-state index in [1.165, 1.54) is 19.3 Å². The predicted octanol–water partition coefficient (Wildman–Crippen LogP) is 3.05. The molecule has 0 radical (unpaired) electrons. The van der Waals surface area contributed by atoms with Crippen molar-refractivity contribution in [2.45, 2.75) is 32.7 Å². The maximum absolute atomic E-state index is 12.0. The lowest BCUT2D eigenvalue weighted by Crippen LogP contribution is -2.27. The van der Waals surface area contributed by atoms with E-state index < -0.39 is 0 Å². The predicted molar refractivity (Wildman–Crippen MR) is 82.8 cm³/mol. The van der Waals surface area contributed by atoms with Crippen molar-refractivity contribution in [1.29, 1.82) is 0 Å². The highest BCUT2D eigenvalue weighted by Gasteiger charge is 2.22. The third-order valence-corrected chi connectivity index (χ3v) is 4.59. The lowest BCUT2D eigenvalue weighted by atomic mass is 9.98. The minimum atomic E-state index is 0.0238. The number of H-pyrrole nitrogens is 1. The summed E-state index contributed by atoms with van der Waals surface area (Å²) in [5, 5.41) is 4.56. The summed E-state index contributed by atoms with van der Waals surface area (Å²) in [7, 11) is 0. The third kappa shape index (κ3) is 2.78. The van der Waals surface area contributed by atoms with Crippen molar-refractivity contribution in [2.75, 3.05) is 6.54 Å². The molecule has 106 valence electrons. The number of para-hydroxylation sites is 1. The van der Waals surface area contributed by atoms with E-state index in [-0.39, 0.29) is 5.56 Å². The standard InChI is InChI=1S/C17H22N2O/c1-12-5-4-7-14(12)10-18-11-15-9-13-6-2-3-8-16(13)19-17(15)20/h2-3,6,8-9,12,14,18H,4-5,7,10-11H2,1H3,(H,19,20). The number of nitrogens with one attached hydrogen (secondary N) is 2. The van der Waals surface area contributed by atoms with Gasteiger partial charge in [-0.25, -0.2) is 0 Å². The fraction of sp³-hybridized carbons (Fsp3) is 0.471. The van der Waals surface area contributed by atoms with Crippen molar-refractivity contribution in [3.63, 3.8) is 0 Å². The average molecular weight is 270 g/mol. The molecule has 20 heavy (non-hydrogen) atoms. The summed E-state index contributed by atoms with van der Waals surface area (Å²) in [6.07, 6.45) is 4.02. The molecule has 1 aromatic heterocycles. The van der Waals surface area contributed by atoms with Crippen LogP contribution in [-0.4, -0.2) is 11.5 Å². The number of hydrogen-bond acceptors (Lipinski definition) is 2. The molecule has 3 nitrogen and oxygen atoms in total. The zero-order chi connectivity index (χ0) is 13.9. The van der Waals surface area contributed by atoms with E-state index in [2.05, 4.69) is 17.2 Å². The molecule has 1 aromatic carbocycles. The van der Waals surface area contributed by atoms with E-state index >= 15 is 0 Å². The van der Waals surface area contributed by atoms with Gasteiger partial charge < -0.3 is 10.3 Å². The maximum Gasteiger partial charge on any atom is 0.252 e. The van der Waals surface area contributed by atoms with Crippen molar-refractivity contribution in [3.05, 3.63) is 46.2 Å². The van der Waals surface area contributed by atoms with Crippen LogP contribution in [0.4, 0.5) is 0 Å². The fourth-order valence-electron chi connectivity index (χ4n) is 3.24. The van der Waals surface area contributed by atoms with E-state index in [0.29, 0.717) is 6.54 Å². The molecule has 0 amide bonds. The Kier molecular flexibility index (Phi) is 3.88. The molecule has 3 rings (SSSR count). The smallest absolute Gasteiger partial charge is 0.252 e. The normalized spacial score (nSPS) is 22.4. The molecule has 0 bridgehead atoms. The molecule has 3 heteroatoms. The summed E-state index contributed by atoms with van der Waals surface area (Å²) in [4.78, 5) is 15.0. The molecule has 0 spiro atoms. The number of benzene rings is 1. The molecule has 2 N–H and O–H groups in total. The van der Waals surface area contributed by atoms with E-state index in [0.717, 1.165) is 34.8 Å². The largest absolute Gasteiger partial charge is 0.322 e. The highest BCUT2D eigenvalue weighted by molar-refractivity contribution is 5.78. The van der Waals surface area contributed by atoms with Gasteiger partial charge in [0, 0.05) is 17.6 Å². The SMILES string of the molecule is CC1CCCC1CNCc1cc2ccccc2[nH]c1=O. The molecule has 1 aliphatic carbocycles. The first-order chi connectivity index (χ1) is 9.74. The average Bonchev–Trinajstić information content (AvgIpc) is 2.85. The van der Waals surface area contributed by atoms with E-state index in [1.54, 1.807) is 0 Å². The number of aromatic nitrogens is 1. The van der Waals surface area contributed by atoms with Gasteiger partial charge in [-0.05, 0) is 42.3 Å². The van der Waals surface area contributed by atoms with E-state index in [9.17, 15) is 4.79 Å². The molecule has 2 aromatic rings. The summed E-state index contributed by atoms with van der Waals surface area (Å²) in [6, 6.07) is 9.91. The number of pyridine rings is 1. The number of fused-ring (bicyclic) bond motifs is 1. The Labute approximate surface area is 119 Å². The Morgan fingerprint density at radius 2 is 2.15 bits per heavy atom. The van der Waals surface area contributed by atoms with Crippen molar-refractivity contribution < 1.29 is 0 Å². The van der Waals surface area contributed by atoms with Gasteiger partial charge in [-0.2, -0.15) is 0 Å². The van der Waals surface area contributed by atoms with Gasteiger partial charge in [-0.3, -0.25) is 4.79 Å². The Morgan fingerprint density at radius 1 is 1.30 bits per heavy atom. The molecular weight excluding hydrogens is 248 g/mol. The summed E-state index contributed by atoms with van der Waals surface area (Å²) in [6.45, 7) is 4.01. The first-order valence-corrected chi connectivity index (χ1v) is 7.55. The fourth-order valence-corrected chi connectivity index (χ4v) is 3.24. The second-order valence-electron chi connectivity index (χ2n) is 6.01. The van der Waals surface area contributed by atoms with Gasteiger partial charge in [-0.1, -0.05) is 38.0 Å². The Morgan fingerprint density at radius 3 is 2.95 bits per heavy atom. The van der Waals surface area contributed by atoms with Crippen molar-refractivity contribution in [3.8, 4) is 0 Å². The summed E-state index contributed by atoms with van der Waals surface area (Å²) in [5.74, 6) is 1.59. The van der Waals surface area contributed by atoms with Gasteiger partial charge in [0.25, 0.3) is 5.56 Å². The van der Waals surface area contributed by atoms with Crippen LogP contribution in [0.3, 0.4) is 0 Å². The van der Waals surface area contributed by atoms with Crippen molar-refractivity contribution in [2.24, 2.45) is 11.8 Å². The monoisotopic (exact) mass is 270 g/mol. The minimum Gasteiger partial charge on any atom is -0.322 e. The Balaban J connectivity index is 1.68. The van der Waals surface area contributed by atoms with Crippen LogP contribution in [0.5, 0.6) is 0 Å². The number of hydrogen-bond donors (Lipinski definition) is 2. The molecule has 2 unspecified atom stereocenters. The Bertz CT molecular complexity index is 647. The van der Waals surface area contributed by atoms with Crippen LogP contribution >= 0.6 is 0 Å². The quantitative estimate of drug-likeness (QED) is 0.897. The van der Waals surface area contributed by atoms with Crippen LogP contribution in [0.2, 0.25) is 0 Å². The van der Waals surface area contributed by atoms with Gasteiger partial charge in [0.1, 0.15) is 0 Å². The lowest BCUT2D eigenvalue weighted by molar-refractivity contribution is 0.392. The maximum atomic E-state index is 12.0. The Hall–Kier alpha value is -1.61. The number of rotatable bonds is 4. The van der Waals surface area contributed by atoms with Crippen LogP contribution in [0.15, 0.2) is 35.1 Å². The van der Waals surface area contributed by atoms with Gasteiger partial charge in [-0.15, -0.1) is 0 Å². The number of aromatic amines is 1.